The molecule has 0 saturated carbocycles. The van der Waals surface area contributed by atoms with Crippen LogP contribution in [0.4, 0.5) is 22.9 Å². The number of hydrogen-bond acceptors (Lipinski definition) is 5. The van der Waals surface area contributed by atoms with E-state index in [1.165, 1.54) is 18.4 Å². The molecular formula is C23H25N5O. The summed E-state index contributed by atoms with van der Waals surface area (Å²) in [5.41, 5.74) is 3.95. The lowest BCUT2D eigenvalue weighted by Gasteiger charge is -2.17. The molecule has 2 heterocycles. The van der Waals surface area contributed by atoms with E-state index in [0.29, 0.717) is 12.2 Å². The van der Waals surface area contributed by atoms with Crippen molar-refractivity contribution < 1.29 is 4.79 Å². The summed E-state index contributed by atoms with van der Waals surface area (Å²) in [7, 11) is 0. The number of benzene rings is 2. The van der Waals surface area contributed by atoms with Crippen LogP contribution in [0.3, 0.4) is 0 Å². The van der Waals surface area contributed by atoms with E-state index in [-0.39, 0.29) is 5.91 Å². The second-order valence-corrected chi connectivity index (χ2v) is 7.23. The number of aromatic nitrogens is 2. The Morgan fingerprint density at radius 3 is 2.45 bits per heavy atom. The molecule has 0 spiro atoms. The van der Waals surface area contributed by atoms with E-state index in [4.69, 9.17) is 0 Å². The van der Waals surface area contributed by atoms with Crippen LogP contribution in [0, 0.1) is 0 Å². The number of nitrogens with one attached hydrogen (secondary N) is 2. The predicted molar refractivity (Wildman–Crippen MR) is 117 cm³/mol. The highest BCUT2D eigenvalue weighted by atomic mass is 16.1. The average Bonchev–Trinajstić information content (AvgIpc) is 3.30. The Bertz CT molecular complexity index is 937. The molecule has 0 atom stereocenters. The van der Waals surface area contributed by atoms with Gasteiger partial charge in [0.1, 0.15) is 0 Å². The minimum Gasteiger partial charge on any atom is -0.370 e. The lowest BCUT2D eigenvalue weighted by Crippen LogP contribution is -2.18. The molecule has 0 unspecified atom stereocenters. The largest absolute Gasteiger partial charge is 0.370 e. The van der Waals surface area contributed by atoms with Crippen LogP contribution in [0.5, 0.6) is 0 Å². The average molecular weight is 387 g/mol. The van der Waals surface area contributed by atoms with Crippen LogP contribution in [0.15, 0.2) is 66.9 Å². The van der Waals surface area contributed by atoms with Gasteiger partial charge in [-0.2, -0.15) is 5.10 Å². The van der Waals surface area contributed by atoms with Gasteiger partial charge in [0.15, 0.2) is 5.82 Å². The zero-order chi connectivity index (χ0) is 19.9. The predicted octanol–water partition coefficient (Wildman–Crippen LogP) is 4.39. The van der Waals surface area contributed by atoms with Crippen molar-refractivity contribution in [1.82, 2.24) is 10.2 Å². The van der Waals surface area contributed by atoms with Gasteiger partial charge in [0.2, 0.25) is 5.91 Å². The van der Waals surface area contributed by atoms with Crippen molar-refractivity contribution in [3.63, 3.8) is 0 Å². The van der Waals surface area contributed by atoms with E-state index in [1.807, 2.05) is 66.9 Å². The number of carbonyl (C=O) groups is 1. The first-order valence-corrected chi connectivity index (χ1v) is 10.0. The van der Waals surface area contributed by atoms with Gasteiger partial charge in [-0.05, 0) is 49.1 Å². The maximum absolute atomic E-state index is 12.2. The molecule has 3 aromatic rings. The van der Waals surface area contributed by atoms with Crippen LogP contribution in [0.1, 0.15) is 24.8 Å². The molecule has 0 aliphatic carbocycles. The molecule has 0 bridgehead atoms. The maximum Gasteiger partial charge on any atom is 0.224 e. The Labute approximate surface area is 171 Å². The highest BCUT2D eigenvalue weighted by Crippen LogP contribution is 2.23. The number of carbonyl (C=O) groups excluding carboxylic acids is 1. The Hall–Kier alpha value is -3.41. The Balaban J connectivity index is 1.31. The van der Waals surface area contributed by atoms with Crippen molar-refractivity contribution in [1.29, 1.82) is 0 Å². The fourth-order valence-corrected chi connectivity index (χ4v) is 3.48. The number of nitrogens with zero attached hydrogens (tertiary/aromatic N) is 3. The van der Waals surface area contributed by atoms with Crippen molar-refractivity contribution in [2.45, 2.75) is 25.7 Å². The zero-order valence-electron chi connectivity index (χ0n) is 16.3. The fourth-order valence-electron chi connectivity index (χ4n) is 3.48. The van der Waals surface area contributed by atoms with Crippen LogP contribution in [-0.2, 0) is 11.2 Å². The number of hydrogen-bond donors (Lipinski definition) is 2. The summed E-state index contributed by atoms with van der Waals surface area (Å²) in [6, 6.07) is 19.7. The SMILES string of the molecule is O=C(CCc1ccccc1)Nc1ccc(Nc2cc(N3CCCC3)cnn2)cc1. The van der Waals surface area contributed by atoms with E-state index in [0.717, 1.165) is 36.6 Å². The summed E-state index contributed by atoms with van der Waals surface area (Å²) in [6.07, 6.45) is 5.46. The van der Waals surface area contributed by atoms with Gasteiger partial charge in [-0.15, -0.1) is 5.10 Å². The highest BCUT2D eigenvalue weighted by molar-refractivity contribution is 5.91. The topological polar surface area (TPSA) is 70.2 Å². The van der Waals surface area contributed by atoms with Crippen molar-refractivity contribution in [3.05, 3.63) is 72.4 Å². The Morgan fingerprint density at radius 2 is 1.69 bits per heavy atom. The van der Waals surface area contributed by atoms with Gasteiger partial charge in [-0.1, -0.05) is 30.3 Å². The van der Waals surface area contributed by atoms with Gasteiger partial charge in [0.25, 0.3) is 0 Å². The summed E-state index contributed by atoms with van der Waals surface area (Å²) < 4.78 is 0. The van der Waals surface area contributed by atoms with Gasteiger partial charge in [0.05, 0.1) is 11.9 Å². The molecule has 1 amide bonds. The minimum absolute atomic E-state index is 0.0127. The van der Waals surface area contributed by atoms with E-state index < -0.39 is 0 Å². The van der Waals surface area contributed by atoms with E-state index in [2.05, 4.69) is 25.7 Å². The van der Waals surface area contributed by atoms with Crippen molar-refractivity contribution >= 4 is 28.8 Å². The molecule has 148 valence electrons. The Morgan fingerprint density at radius 1 is 0.966 bits per heavy atom. The van der Waals surface area contributed by atoms with Crippen molar-refractivity contribution in [2.75, 3.05) is 28.6 Å². The molecule has 1 fully saturated rings. The quantitative estimate of drug-likeness (QED) is 0.629. The van der Waals surface area contributed by atoms with Crippen LogP contribution < -0.4 is 15.5 Å². The lowest BCUT2D eigenvalue weighted by atomic mass is 10.1. The third-order valence-electron chi connectivity index (χ3n) is 5.04. The van der Waals surface area contributed by atoms with Crippen LogP contribution in [0.2, 0.25) is 0 Å². The molecule has 1 aliphatic heterocycles. The second-order valence-electron chi connectivity index (χ2n) is 7.23. The third-order valence-corrected chi connectivity index (χ3v) is 5.04. The van der Waals surface area contributed by atoms with Gasteiger partial charge in [-0.25, -0.2) is 0 Å². The van der Waals surface area contributed by atoms with Crippen molar-refractivity contribution in [3.8, 4) is 0 Å². The van der Waals surface area contributed by atoms with Gasteiger partial charge >= 0.3 is 0 Å². The van der Waals surface area contributed by atoms with Gasteiger partial charge in [-0.3, -0.25) is 4.79 Å². The van der Waals surface area contributed by atoms with Crippen LogP contribution in [-0.4, -0.2) is 29.2 Å². The lowest BCUT2D eigenvalue weighted by molar-refractivity contribution is -0.116. The molecule has 1 aromatic heterocycles. The summed E-state index contributed by atoms with van der Waals surface area (Å²) in [4.78, 5) is 14.5. The smallest absolute Gasteiger partial charge is 0.224 e. The third kappa shape index (κ3) is 5.31. The summed E-state index contributed by atoms with van der Waals surface area (Å²) >= 11 is 0. The summed E-state index contributed by atoms with van der Waals surface area (Å²) in [6.45, 7) is 2.15. The standard InChI is InChI=1S/C23H25N5O/c29-23(13-8-18-6-2-1-3-7-18)26-20-11-9-19(10-12-20)25-22-16-21(17-24-27-22)28-14-4-5-15-28/h1-3,6-7,9-12,16-17H,4-5,8,13-15H2,(H,25,27)(H,26,29). The second kappa shape index (κ2) is 9.19. The molecule has 2 N–H and O–H groups in total. The number of anilines is 4. The molecule has 0 radical (unpaired) electrons. The molecule has 1 aliphatic rings. The van der Waals surface area contributed by atoms with E-state index >= 15 is 0 Å². The Kier molecular flexibility index (Phi) is 6.00. The fraction of sp³-hybridized carbons (Fsp3) is 0.261. The molecule has 1 saturated heterocycles. The zero-order valence-corrected chi connectivity index (χ0v) is 16.3. The first-order valence-electron chi connectivity index (χ1n) is 10.0. The monoisotopic (exact) mass is 387 g/mol. The molecule has 2 aromatic carbocycles. The molecular weight excluding hydrogens is 362 g/mol. The number of aryl methyl sites for hydroxylation is 1. The number of rotatable bonds is 7. The van der Waals surface area contributed by atoms with Gasteiger partial charge in [0, 0.05) is 37.0 Å². The first kappa shape index (κ1) is 18.9. The van der Waals surface area contributed by atoms with Crippen LogP contribution in [0.25, 0.3) is 0 Å². The first-order chi connectivity index (χ1) is 14.3. The van der Waals surface area contributed by atoms with Crippen LogP contribution >= 0.6 is 0 Å². The van der Waals surface area contributed by atoms with E-state index in [9.17, 15) is 4.79 Å². The molecule has 6 nitrogen and oxygen atoms in total. The van der Waals surface area contributed by atoms with Crippen molar-refractivity contribution in [2.24, 2.45) is 0 Å². The van der Waals surface area contributed by atoms with Gasteiger partial charge < -0.3 is 15.5 Å². The maximum atomic E-state index is 12.2. The highest BCUT2D eigenvalue weighted by Gasteiger charge is 2.13. The molecule has 4 rings (SSSR count). The normalized spacial score (nSPS) is 13.3. The summed E-state index contributed by atoms with van der Waals surface area (Å²) in [5.74, 6) is 0.729. The number of amides is 1. The van der Waals surface area contributed by atoms with E-state index in [1.54, 1.807) is 0 Å². The molecule has 6 heteroatoms. The molecule has 29 heavy (non-hydrogen) atoms. The minimum atomic E-state index is 0.0127. The summed E-state index contributed by atoms with van der Waals surface area (Å²) in [5, 5.41) is 14.5.